The molecule has 0 radical (unpaired) electrons. The maximum absolute atomic E-state index is 12.4. The summed E-state index contributed by atoms with van der Waals surface area (Å²) in [7, 11) is 4.00. The molecule has 0 saturated carbocycles. The molecule has 0 aliphatic heterocycles. The quantitative estimate of drug-likeness (QED) is 0.398. The lowest BCUT2D eigenvalue weighted by atomic mass is 10.1. The second kappa shape index (κ2) is 10.4. The van der Waals surface area contributed by atoms with E-state index in [9.17, 15) is 14.4 Å². The lowest BCUT2D eigenvalue weighted by molar-refractivity contribution is -0.113. The topological polar surface area (TPSA) is 130 Å². The van der Waals surface area contributed by atoms with E-state index in [4.69, 9.17) is 9.15 Å². The molecule has 0 aliphatic rings. The van der Waals surface area contributed by atoms with E-state index < -0.39 is 17.8 Å². The molecular formula is C21H19N3O7S. The minimum Gasteiger partial charge on any atom is -0.497 e. The van der Waals surface area contributed by atoms with Gasteiger partial charge < -0.3 is 23.9 Å². The van der Waals surface area contributed by atoms with Crippen LogP contribution < -0.4 is 10.1 Å². The highest BCUT2D eigenvalue weighted by Gasteiger charge is 2.16. The van der Waals surface area contributed by atoms with Gasteiger partial charge in [-0.25, -0.2) is 9.59 Å². The van der Waals surface area contributed by atoms with E-state index in [1.807, 2.05) is 0 Å². The standard InChI is InChI=1S/C21H19N3O7S/c1-28-16-6-4-12(5-7-16)18-23-24-21(31-18)32-11-17(25)22-15-9-13(19(26)29-2)8-14(10-15)20(27)30-3/h4-10H,11H2,1-3H3,(H,22,25). The molecule has 0 saturated heterocycles. The van der Waals surface area contributed by atoms with Crippen LogP contribution in [0, 0.1) is 0 Å². The highest BCUT2D eigenvalue weighted by Crippen LogP contribution is 2.25. The molecule has 0 atom stereocenters. The van der Waals surface area contributed by atoms with E-state index in [-0.39, 0.29) is 27.8 Å². The summed E-state index contributed by atoms with van der Waals surface area (Å²) in [4.78, 5) is 36.1. The molecule has 166 valence electrons. The Hall–Kier alpha value is -3.86. The second-order valence-corrected chi connectivity index (χ2v) is 7.15. The molecule has 3 aromatic rings. The number of hydrogen-bond acceptors (Lipinski definition) is 10. The molecule has 1 heterocycles. The van der Waals surface area contributed by atoms with Gasteiger partial charge >= 0.3 is 11.9 Å². The molecule has 0 unspecified atom stereocenters. The van der Waals surface area contributed by atoms with Crippen LogP contribution in [-0.2, 0) is 14.3 Å². The third kappa shape index (κ3) is 5.64. The van der Waals surface area contributed by atoms with Gasteiger partial charge in [-0.05, 0) is 42.5 Å². The van der Waals surface area contributed by atoms with Crippen LogP contribution in [-0.4, -0.2) is 55.1 Å². The fourth-order valence-corrected chi connectivity index (χ4v) is 3.18. The fourth-order valence-electron chi connectivity index (χ4n) is 2.61. The van der Waals surface area contributed by atoms with Crippen molar-refractivity contribution >= 4 is 35.3 Å². The number of rotatable bonds is 8. The van der Waals surface area contributed by atoms with Crippen molar-refractivity contribution in [1.29, 1.82) is 0 Å². The number of esters is 2. The smallest absolute Gasteiger partial charge is 0.337 e. The van der Waals surface area contributed by atoms with E-state index in [0.29, 0.717) is 17.2 Å². The number of nitrogens with one attached hydrogen (secondary N) is 1. The largest absolute Gasteiger partial charge is 0.497 e. The molecular weight excluding hydrogens is 438 g/mol. The zero-order chi connectivity index (χ0) is 23.1. The summed E-state index contributed by atoms with van der Waals surface area (Å²) in [6.07, 6.45) is 0. The Bertz CT molecular complexity index is 1090. The lowest BCUT2D eigenvalue weighted by Crippen LogP contribution is -2.16. The van der Waals surface area contributed by atoms with Crippen LogP contribution in [0.2, 0.25) is 0 Å². The zero-order valence-electron chi connectivity index (χ0n) is 17.4. The maximum atomic E-state index is 12.4. The van der Waals surface area contributed by atoms with Crippen molar-refractivity contribution in [3.05, 3.63) is 53.6 Å². The first-order chi connectivity index (χ1) is 15.4. The van der Waals surface area contributed by atoms with Crippen molar-refractivity contribution in [2.45, 2.75) is 5.22 Å². The van der Waals surface area contributed by atoms with Crippen molar-refractivity contribution in [2.75, 3.05) is 32.4 Å². The predicted octanol–water partition coefficient (Wildman–Crippen LogP) is 3.05. The fraction of sp³-hybridized carbons (Fsp3) is 0.190. The Kier molecular flexibility index (Phi) is 7.45. The van der Waals surface area contributed by atoms with Gasteiger partial charge in [0.25, 0.3) is 5.22 Å². The van der Waals surface area contributed by atoms with Gasteiger partial charge in [0.1, 0.15) is 5.75 Å². The molecule has 32 heavy (non-hydrogen) atoms. The number of nitrogens with zero attached hydrogens (tertiary/aromatic N) is 2. The number of methoxy groups -OCH3 is 3. The Labute approximate surface area is 187 Å². The predicted molar refractivity (Wildman–Crippen MR) is 115 cm³/mol. The molecule has 11 heteroatoms. The Balaban J connectivity index is 1.65. The number of carbonyl (C=O) groups excluding carboxylic acids is 3. The Morgan fingerprint density at radius 3 is 2.12 bits per heavy atom. The van der Waals surface area contributed by atoms with Gasteiger partial charge in [0.2, 0.25) is 11.8 Å². The summed E-state index contributed by atoms with van der Waals surface area (Å²) in [6, 6.07) is 11.2. The average Bonchev–Trinajstić information content (AvgIpc) is 3.30. The van der Waals surface area contributed by atoms with Crippen LogP contribution in [0.5, 0.6) is 5.75 Å². The van der Waals surface area contributed by atoms with Crippen molar-refractivity contribution in [2.24, 2.45) is 0 Å². The molecule has 2 aromatic carbocycles. The van der Waals surface area contributed by atoms with E-state index in [1.54, 1.807) is 31.4 Å². The van der Waals surface area contributed by atoms with Crippen LogP contribution in [0.25, 0.3) is 11.5 Å². The van der Waals surface area contributed by atoms with Crippen LogP contribution >= 0.6 is 11.8 Å². The van der Waals surface area contributed by atoms with Crippen molar-refractivity contribution in [1.82, 2.24) is 10.2 Å². The summed E-state index contributed by atoms with van der Waals surface area (Å²) >= 11 is 1.04. The van der Waals surface area contributed by atoms with Gasteiger partial charge in [-0.2, -0.15) is 0 Å². The molecule has 3 rings (SSSR count). The second-order valence-electron chi connectivity index (χ2n) is 6.22. The van der Waals surface area contributed by atoms with Gasteiger partial charge in [-0.15, -0.1) is 10.2 Å². The number of thioether (sulfide) groups is 1. The maximum Gasteiger partial charge on any atom is 0.337 e. The third-order valence-corrected chi connectivity index (χ3v) is 4.95. The first-order valence-corrected chi connectivity index (χ1v) is 10.1. The number of carbonyl (C=O) groups is 3. The van der Waals surface area contributed by atoms with Crippen LogP contribution in [0.15, 0.2) is 52.1 Å². The summed E-state index contributed by atoms with van der Waals surface area (Å²) < 4.78 is 20.0. The number of aromatic nitrogens is 2. The number of anilines is 1. The minimum absolute atomic E-state index is 0.0414. The van der Waals surface area contributed by atoms with Gasteiger partial charge in [0.05, 0.1) is 38.2 Å². The van der Waals surface area contributed by atoms with Crippen molar-refractivity contribution < 1.29 is 33.0 Å². The molecule has 1 aromatic heterocycles. The average molecular weight is 457 g/mol. The van der Waals surface area contributed by atoms with Gasteiger partial charge in [-0.3, -0.25) is 4.79 Å². The summed E-state index contributed by atoms with van der Waals surface area (Å²) in [5.41, 5.74) is 1.15. The molecule has 0 spiro atoms. The van der Waals surface area contributed by atoms with Gasteiger partial charge in [0, 0.05) is 11.3 Å². The summed E-state index contributed by atoms with van der Waals surface area (Å²) in [5, 5.41) is 10.7. The van der Waals surface area contributed by atoms with Crippen LogP contribution in [0.4, 0.5) is 5.69 Å². The highest BCUT2D eigenvalue weighted by atomic mass is 32.2. The van der Waals surface area contributed by atoms with Gasteiger partial charge in [0.15, 0.2) is 0 Å². The molecule has 0 aliphatic carbocycles. The lowest BCUT2D eigenvalue weighted by Gasteiger charge is -2.09. The first kappa shape index (κ1) is 22.8. The van der Waals surface area contributed by atoms with E-state index in [0.717, 1.165) is 11.8 Å². The number of amides is 1. The molecule has 1 N–H and O–H groups in total. The highest BCUT2D eigenvalue weighted by molar-refractivity contribution is 7.99. The number of ether oxygens (including phenoxy) is 3. The SMILES string of the molecule is COC(=O)c1cc(NC(=O)CSc2nnc(-c3ccc(OC)cc3)o2)cc(C(=O)OC)c1. The Morgan fingerprint density at radius 2 is 1.56 bits per heavy atom. The van der Waals surface area contributed by atoms with E-state index in [2.05, 4.69) is 25.0 Å². The van der Waals surface area contributed by atoms with Crippen LogP contribution in [0.3, 0.4) is 0 Å². The summed E-state index contributed by atoms with van der Waals surface area (Å²) in [5.74, 6) is -0.748. The molecule has 0 bridgehead atoms. The molecule has 1 amide bonds. The number of hydrogen-bond donors (Lipinski definition) is 1. The van der Waals surface area contributed by atoms with E-state index >= 15 is 0 Å². The summed E-state index contributed by atoms with van der Waals surface area (Å²) in [6.45, 7) is 0. The van der Waals surface area contributed by atoms with E-state index in [1.165, 1.54) is 32.4 Å². The number of benzene rings is 2. The van der Waals surface area contributed by atoms with Crippen molar-refractivity contribution in [3.8, 4) is 17.2 Å². The van der Waals surface area contributed by atoms with Crippen LogP contribution in [0.1, 0.15) is 20.7 Å². The normalized spacial score (nSPS) is 10.3. The minimum atomic E-state index is -0.655. The Morgan fingerprint density at radius 1 is 0.938 bits per heavy atom. The monoisotopic (exact) mass is 457 g/mol. The van der Waals surface area contributed by atoms with Gasteiger partial charge in [-0.1, -0.05) is 11.8 Å². The van der Waals surface area contributed by atoms with Crippen molar-refractivity contribution in [3.63, 3.8) is 0 Å². The zero-order valence-corrected chi connectivity index (χ0v) is 18.2. The molecule has 10 nitrogen and oxygen atoms in total. The molecule has 0 fully saturated rings. The first-order valence-electron chi connectivity index (χ1n) is 9.15. The third-order valence-electron chi connectivity index (χ3n) is 4.13.